The average Bonchev–Trinajstić information content (AvgIpc) is 2.79. The second-order valence-corrected chi connectivity index (χ2v) is 9.58. The molecule has 0 saturated heterocycles. The number of carbonyl (C=O) groups is 2. The topological polar surface area (TPSA) is 104 Å². The molecule has 172 valence electrons. The van der Waals surface area contributed by atoms with Gasteiger partial charge in [-0.1, -0.05) is 59.6 Å². The molecule has 7 nitrogen and oxygen atoms in total. The number of halogens is 2. The Morgan fingerprint density at radius 2 is 1.39 bits per heavy atom. The minimum Gasteiger partial charge on any atom is -0.326 e. The Bertz CT molecular complexity index is 1220. The highest BCUT2D eigenvalue weighted by Gasteiger charge is 2.28. The van der Waals surface area contributed by atoms with Crippen LogP contribution in [-0.2, 0) is 19.6 Å². The fraction of sp³-hybridized carbons (Fsp3) is 0.130. The Morgan fingerprint density at radius 3 is 2.00 bits per heavy atom. The van der Waals surface area contributed by atoms with E-state index in [1.807, 2.05) is 6.07 Å². The molecule has 3 aromatic rings. The maximum absolute atomic E-state index is 13.0. The molecule has 2 amide bonds. The zero-order valence-electron chi connectivity index (χ0n) is 17.3. The van der Waals surface area contributed by atoms with Gasteiger partial charge in [-0.3, -0.25) is 9.59 Å². The van der Waals surface area contributed by atoms with Gasteiger partial charge in [0.25, 0.3) is 0 Å². The molecule has 0 heterocycles. The van der Waals surface area contributed by atoms with E-state index in [0.29, 0.717) is 11.4 Å². The third-order valence-corrected chi connectivity index (χ3v) is 6.74. The van der Waals surface area contributed by atoms with Crippen LogP contribution in [0, 0.1) is 0 Å². The molecule has 10 heteroatoms. The van der Waals surface area contributed by atoms with Crippen molar-refractivity contribution in [2.45, 2.75) is 23.8 Å². The average molecular weight is 506 g/mol. The lowest BCUT2D eigenvalue weighted by Crippen LogP contribution is -2.44. The Balaban J connectivity index is 1.77. The molecule has 0 unspecified atom stereocenters. The molecular weight excluding hydrogens is 485 g/mol. The van der Waals surface area contributed by atoms with Crippen LogP contribution in [0.3, 0.4) is 0 Å². The van der Waals surface area contributed by atoms with E-state index in [-0.39, 0.29) is 33.7 Å². The standard InChI is InChI=1S/C23H21Cl2N3O4S/c24-16-11-12-19(25)21(15-16)33(31,32)28-20(23(30)27-18-9-5-2-6-10-18)13-14-22(29)26-17-7-3-1-4-8-17/h1-12,15,20,28H,13-14H2,(H,26,29)(H,27,30)/t20-/m0/s1. The first-order valence-electron chi connectivity index (χ1n) is 9.93. The van der Waals surface area contributed by atoms with Crippen molar-refractivity contribution in [3.63, 3.8) is 0 Å². The van der Waals surface area contributed by atoms with Gasteiger partial charge in [0, 0.05) is 22.8 Å². The fourth-order valence-electron chi connectivity index (χ4n) is 2.95. The van der Waals surface area contributed by atoms with Crippen LogP contribution in [-0.4, -0.2) is 26.3 Å². The van der Waals surface area contributed by atoms with Gasteiger partial charge in [-0.2, -0.15) is 4.72 Å². The number of para-hydroxylation sites is 2. The number of rotatable bonds is 9. The van der Waals surface area contributed by atoms with E-state index in [9.17, 15) is 18.0 Å². The summed E-state index contributed by atoms with van der Waals surface area (Å²) in [4.78, 5) is 25.0. The molecule has 0 aliphatic heterocycles. The lowest BCUT2D eigenvalue weighted by Gasteiger charge is -2.19. The number of benzene rings is 3. The number of carbonyl (C=O) groups excluding carboxylic acids is 2. The molecule has 0 fully saturated rings. The summed E-state index contributed by atoms with van der Waals surface area (Å²) >= 11 is 12.0. The molecule has 3 N–H and O–H groups in total. The minimum absolute atomic E-state index is 0.0454. The number of hydrogen-bond donors (Lipinski definition) is 3. The van der Waals surface area contributed by atoms with Crippen molar-refractivity contribution in [1.82, 2.24) is 4.72 Å². The van der Waals surface area contributed by atoms with Crippen LogP contribution in [0.25, 0.3) is 0 Å². The van der Waals surface area contributed by atoms with Crippen LogP contribution in [0.15, 0.2) is 83.8 Å². The molecule has 3 rings (SSSR count). The van der Waals surface area contributed by atoms with E-state index in [2.05, 4.69) is 15.4 Å². The van der Waals surface area contributed by atoms with Gasteiger partial charge in [0.1, 0.15) is 10.9 Å². The molecule has 0 spiro atoms. The smallest absolute Gasteiger partial charge is 0.242 e. The summed E-state index contributed by atoms with van der Waals surface area (Å²) in [7, 11) is -4.22. The van der Waals surface area contributed by atoms with Crippen molar-refractivity contribution >= 4 is 56.4 Å². The maximum Gasteiger partial charge on any atom is 0.242 e. The zero-order valence-corrected chi connectivity index (χ0v) is 19.6. The van der Waals surface area contributed by atoms with Crippen molar-refractivity contribution in [2.75, 3.05) is 10.6 Å². The van der Waals surface area contributed by atoms with Crippen LogP contribution >= 0.6 is 23.2 Å². The number of sulfonamides is 1. The summed E-state index contributed by atoms with van der Waals surface area (Å²) in [5.41, 5.74) is 1.08. The lowest BCUT2D eigenvalue weighted by atomic mass is 10.1. The largest absolute Gasteiger partial charge is 0.326 e. The monoisotopic (exact) mass is 505 g/mol. The van der Waals surface area contributed by atoms with Gasteiger partial charge >= 0.3 is 0 Å². The Morgan fingerprint density at radius 1 is 0.818 bits per heavy atom. The van der Waals surface area contributed by atoms with Gasteiger partial charge in [0.15, 0.2) is 0 Å². The zero-order chi connectivity index (χ0) is 23.8. The summed E-state index contributed by atoms with van der Waals surface area (Å²) in [5, 5.41) is 5.50. The number of hydrogen-bond acceptors (Lipinski definition) is 4. The predicted octanol–water partition coefficient (Wildman–Crippen LogP) is 4.70. The highest BCUT2D eigenvalue weighted by molar-refractivity contribution is 7.89. The van der Waals surface area contributed by atoms with Gasteiger partial charge in [-0.25, -0.2) is 8.42 Å². The quantitative estimate of drug-likeness (QED) is 0.392. The molecule has 0 saturated carbocycles. The van der Waals surface area contributed by atoms with Gasteiger partial charge in [0.2, 0.25) is 21.8 Å². The Labute approximate surface area is 202 Å². The van der Waals surface area contributed by atoms with Crippen molar-refractivity contribution < 1.29 is 18.0 Å². The molecule has 0 radical (unpaired) electrons. The highest BCUT2D eigenvalue weighted by atomic mass is 35.5. The summed E-state index contributed by atoms with van der Waals surface area (Å²) in [6.07, 6.45) is -0.192. The Hall–Kier alpha value is -2.91. The van der Waals surface area contributed by atoms with Crippen LogP contribution in [0.1, 0.15) is 12.8 Å². The lowest BCUT2D eigenvalue weighted by molar-refractivity contribution is -0.118. The maximum atomic E-state index is 13.0. The fourth-order valence-corrected chi connectivity index (χ4v) is 4.94. The first-order chi connectivity index (χ1) is 15.7. The van der Waals surface area contributed by atoms with E-state index < -0.39 is 22.0 Å². The number of anilines is 2. The summed E-state index contributed by atoms with van der Waals surface area (Å²) in [6.45, 7) is 0. The van der Waals surface area contributed by atoms with E-state index >= 15 is 0 Å². The second-order valence-electron chi connectivity index (χ2n) is 7.06. The summed E-state index contributed by atoms with van der Waals surface area (Å²) < 4.78 is 28.3. The molecule has 0 bridgehead atoms. The van der Waals surface area contributed by atoms with Gasteiger partial charge in [-0.05, 0) is 48.9 Å². The first-order valence-corrected chi connectivity index (χ1v) is 12.2. The SMILES string of the molecule is O=C(CC[C@H](NS(=O)(=O)c1cc(Cl)ccc1Cl)C(=O)Nc1ccccc1)Nc1ccccc1. The number of amides is 2. The molecule has 3 aromatic carbocycles. The summed E-state index contributed by atoms with van der Waals surface area (Å²) in [6, 6.07) is 20.1. The molecule has 0 aromatic heterocycles. The molecule has 0 aliphatic rings. The van der Waals surface area contributed by atoms with Gasteiger partial charge in [0.05, 0.1) is 5.02 Å². The summed E-state index contributed by atoms with van der Waals surface area (Å²) in [5.74, 6) is -0.978. The molecular formula is C23H21Cl2N3O4S. The van der Waals surface area contributed by atoms with Crippen molar-refractivity contribution in [2.24, 2.45) is 0 Å². The minimum atomic E-state index is -4.22. The van der Waals surface area contributed by atoms with Gasteiger partial charge in [-0.15, -0.1) is 0 Å². The Kier molecular flexibility index (Phi) is 8.46. The molecule has 0 aliphatic carbocycles. The predicted molar refractivity (Wildman–Crippen MR) is 130 cm³/mol. The van der Waals surface area contributed by atoms with Crippen molar-refractivity contribution in [3.05, 3.63) is 88.9 Å². The normalized spacial score (nSPS) is 12.1. The van der Waals surface area contributed by atoms with Crippen LogP contribution in [0.4, 0.5) is 11.4 Å². The van der Waals surface area contributed by atoms with E-state index in [4.69, 9.17) is 23.2 Å². The molecule has 33 heavy (non-hydrogen) atoms. The van der Waals surface area contributed by atoms with E-state index in [1.165, 1.54) is 18.2 Å². The highest BCUT2D eigenvalue weighted by Crippen LogP contribution is 2.25. The van der Waals surface area contributed by atoms with Crippen LogP contribution in [0.5, 0.6) is 0 Å². The van der Waals surface area contributed by atoms with Crippen molar-refractivity contribution in [1.29, 1.82) is 0 Å². The third kappa shape index (κ3) is 7.30. The van der Waals surface area contributed by atoms with E-state index in [0.717, 1.165) is 0 Å². The van der Waals surface area contributed by atoms with Crippen LogP contribution in [0.2, 0.25) is 10.0 Å². The first kappa shape index (κ1) is 24.7. The number of nitrogens with one attached hydrogen (secondary N) is 3. The van der Waals surface area contributed by atoms with Crippen LogP contribution < -0.4 is 15.4 Å². The third-order valence-electron chi connectivity index (χ3n) is 4.56. The second kappa shape index (κ2) is 11.3. The van der Waals surface area contributed by atoms with Crippen molar-refractivity contribution in [3.8, 4) is 0 Å². The van der Waals surface area contributed by atoms with Gasteiger partial charge < -0.3 is 10.6 Å². The van der Waals surface area contributed by atoms with E-state index in [1.54, 1.807) is 54.6 Å². The molecule has 1 atom stereocenters.